The molecule has 0 spiro atoms. The number of aryl methyl sites for hydroxylation is 1. The molecule has 4 rings (SSSR count). The molecule has 4 heteroatoms. The van der Waals surface area contributed by atoms with Crippen molar-refractivity contribution in [2.24, 2.45) is 0 Å². The number of anilines is 4. The number of para-hydroxylation sites is 2. The van der Waals surface area contributed by atoms with Crippen LogP contribution in [0.4, 0.5) is 23.0 Å². The molecule has 1 aromatic heterocycles. The molecular formula is C15H12N4. The number of rotatable bonds is 0. The fraction of sp³-hybridized carbons (Fsp3) is 0.0667. The highest BCUT2D eigenvalue weighted by atomic mass is 15.2. The Balaban J connectivity index is 1.90. The molecule has 0 fully saturated rings. The van der Waals surface area contributed by atoms with E-state index in [1.54, 1.807) is 0 Å². The first kappa shape index (κ1) is 10.3. The van der Waals surface area contributed by atoms with Crippen molar-refractivity contribution in [3.8, 4) is 0 Å². The highest BCUT2D eigenvalue weighted by molar-refractivity contribution is 5.90. The Bertz CT molecular complexity index is 795. The molecule has 0 aliphatic carbocycles. The number of hydrogen-bond acceptors (Lipinski definition) is 4. The van der Waals surface area contributed by atoms with E-state index in [1.807, 2.05) is 24.3 Å². The summed E-state index contributed by atoms with van der Waals surface area (Å²) in [6, 6.07) is 14.1. The third-order valence-corrected chi connectivity index (χ3v) is 3.25. The normalized spacial score (nSPS) is 12.3. The Morgan fingerprint density at radius 2 is 1.42 bits per heavy atom. The molecule has 0 saturated heterocycles. The summed E-state index contributed by atoms with van der Waals surface area (Å²) in [7, 11) is 0. The Morgan fingerprint density at radius 3 is 2.11 bits per heavy atom. The van der Waals surface area contributed by atoms with Gasteiger partial charge in [0.25, 0.3) is 0 Å². The van der Waals surface area contributed by atoms with E-state index in [4.69, 9.17) is 0 Å². The lowest BCUT2D eigenvalue weighted by molar-refractivity contribution is 1.24. The Labute approximate surface area is 110 Å². The number of nitrogens with one attached hydrogen (secondary N) is 2. The van der Waals surface area contributed by atoms with E-state index in [2.05, 4.69) is 45.7 Å². The van der Waals surface area contributed by atoms with Crippen molar-refractivity contribution in [3.63, 3.8) is 0 Å². The molecule has 4 nitrogen and oxygen atoms in total. The fourth-order valence-electron chi connectivity index (χ4n) is 2.30. The fourth-order valence-corrected chi connectivity index (χ4v) is 2.30. The molecule has 2 aromatic carbocycles. The van der Waals surface area contributed by atoms with E-state index >= 15 is 0 Å². The summed E-state index contributed by atoms with van der Waals surface area (Å²) in [4.78, 5) is 9.21. The number of hydrogen-bond donors (Lipinski definition) is 2. The zero-order chi connectivity index (χ0) is 12.8. The maximum atomic E-state index is 4.61. The molecule has 1 aliphatic heterocycles. The molecule has 2 N–H and O–H groups in total. The van der Waals surface area contributed by atoms with Gasteiger partial charge in [0.2, 0.25) is 0 Å². The molecular weight excluding hydrogens is 236 g/mol. The maximum absolute atomic E-state index is 4.61. The average molecular weight is 248 g/mol. The molecule has 0 bridgehead atoms. The van der Waals surface area contributed by atoms with Gasteiger partial charge in [0.15, 0.2) is 11.6 Å². The Hall–Kier alpha value is -2.62. The average Bonchev–Trinajstić information content (AvgIpc) is 2.43. The van der Waals surface area contributed by atoms with Crippen LogP contribution in [0.15, 0.2) is 42.5 Å². The van der Waals surface area contributed by atoms with Gasteiger partial charge >= 0.3 is 0 Å². The van der Waals surface area contributed by atoms with E-state index in [0.29, 0.717) is 0 Å². The highest BCUT2D eigenvalue weighted by Crippen LogP contribution is 2.37. The standard InChI is InChI=1S/C15H12N4/c1-9-6-7-12-13(8-9)19-15-14(18-12)16-10-4-2-3-5-11(10)17-15/h2-8H,1H3,(H,16,18)(H,17,19). The van der Waals surface area contributed by atoms with Crippen molar-refractivity contribution in [3.05, 3.63) is 48.0 Å². The molecule has 2 heterocycles. The maximum Gasteiger partial charge on any atom is 0.174 e. The van der Waals surface area contributed by atoms with Crippen LogP contribution < -0.4 is 10.6 Å². The molecule has 3 aromatic rings. The Kier molecular flexibility index (Phi) is 2.00. The smallest absolute Gasteiger partial charge is 0.174 e. The van der Waals surface area contributed by atoms with Crippen LogP contribution in [0.5, 0.6) is 0 Å². The minimum Gasteiger partial charge on any atom is -0.335 e. The predicted octanol–water partition coefficient (Wildman–Crippen LogP) is 3.74. The molecule has 1 aliphatic rings. The van der Waals surface area contributed by atoms with Gasteiger partial charge < -0.3 is 10.6 Å². The zero-order valence-electron chi connectivity index (χ0n) is 10.4. The number of fused-ring (bicyclic) bond motifs is 3. The largest absolute Gasteiger partial charge is 0.335 e. The zero-order valence-corrected chi connectivity index (χ0v) is 10.4. The second kappa shape index (κ2) is 3.68. The molecule has 0 saturated carbocycles. The summed E-state index contributed by atoms with van der Waals surface area (Å²) in [6.45, 7) is 2.07. The van der Waals surface area contributed by atoms with Crippen molar-refractivity contribution >= 4 is 34.0 Å². The topological polar surface area (TPSA) is 49.8 Å². The van der Waals surface area contributed by atoms with Gasteiger partial charge in [-0.3, -0.25) is 0 Å². The molecule has 0 atom stereocenters. The molecule has 0 unspecified atom stereocenters. The van der Waals surface area contributed by atoms with Crippen LogP contribution in [0, 0.1) is 6.92 Å². The van der Waals surface area contributed by atoms with Crippen LogP contribution in [-0.2, 0) is 0 Å². The first-order valence-corrected chi connectivity index (χ1v) is 6.21. The van der Waals surface area contributed by atoms with Crippen LogP contribution in [0.3, 0.4) is 0 Å². The third kappa shape index (κ3) is 1.61. The first-order valence-electron chi connectivity index (χ1n) is 6.21. The number of nitrogens with zero attached hydrogens (tertiary/aromatic N) is 2. The van der Waals surface area contributed by atoms with E-state index in [9.17, 15) is 0 Å². The van der Waals surface area contributed by atoms with Gasteiger partial charge in [-0.05, 0) is 36.8 Å². The lowest BCUT2D eigenvalue weighted by Crippen LogP contribution is -2.10. The molecule has 92 valence electrons. The second-order valence-electron chi connectivity index (χ2n) is 4.71. The van der Waals surface area contributed by atoms with Crippen molar-refractivity contribution in [2.75, 3.05) is 10.6 Å². The minimum absolute atomic E-state index is 0.773. The summed E-state index contributed by atoms with van der Waals surface area (Å²) in [6.07, 6.45) is 0. The minimum atomic E-state index is 0.773. The van der Waals surface area contributed by atoms with Crippen molar-refractivity contribution in [2.45, 2.75) is 6.92 Å². The summed E-state index contributed by atoms with van der Waals surface area (Å²) >= 11 is 0. The van der Waals surface area contributed by atoms with E-state index < -0.39 is 0 Å². The van der Waals surface area contributed by atoms with Gasteiger partial charge in [0.1, 0.15) is 0 Å². The van der Waals surface area contributed by atoms with Crippen LogP contribution in [0.25, 0.3) is 11.0 Å². The highest BCUT2D eigenvalue weighted by Gasteiger charge is 2.17. The van der Waals surface area contributed by atoms with Gasteiger partial charge in [-0.1, -0.05) is 18.2 Å². The van der Waals surface area contributed by atoms with Gasteiger partial charge in [-0.25, -0.2) is 9.97 Å². The lowest BCUT2D eigenvalue weighted by atomic mass is 10.1. The van der Waals surface area contributed by atoms with Gasteiger partial charge in [-0.15, -0.1) is 0 Å². The summed E-state index contributed by atoms with van der Waals surface area (Å²) in [5.74, 6) is 1.55. The summed E-state index contributed by atoms with van der Waals surface area (Å²) in [5, 5.41) is 6.66. The lowest BCUT2D eigenvalue weighted by Gasteiger charge is -2.21. The quantitative estimate of drug-likeness (QED) is 0.497. The first-order chi connectivity index (χ1) is 9.29. The molecule has 0 amide bonds. The van der Waals surface area contributed by atoms with Crippen LogP contribution in [0.2, 0.25) is 0 Å². The monoisotopic (exact) mass is 248 g/mol. The SMILES string of the molecule is Cc1ccc2c(c1)Nc1nc3ccccc3nc1N2. The van der Waals surface area contributed by atoms with Gasteiger partial charge in [-0.2, -0.15) is 0 Å². The third-order valence-electron chi connectivity index (χ3n) is 3.25. The van der Waals surface area contributed by atoms with Gasteiger partial charge in [0.05, 0.1) is 22.4 Å². The van der Waals surface area contributed by atoms with E-state index in [0.717, 1.165) is 34.0 Å². The summed E-state index contributed by atoms with van der Waals surface area (Å²) < 4.78 is 0. The number of benzene rings is 2. The predicted molar refractivity (Wildman–Crippen MR) is 77.3 cm³/mol. The second-order valence-corrected chi connectivity index (χ2v) is 4.71. The Morgan fingerprint density at radius 1 is 0.789 bits per heavy atom. The molecule has 19 heavy (non-hydrogen) atoms. The van der Waals surface area contributed by atoms with Crippen molar-refractivity contribution < 1.29 is 0 Å². The molecule has 0 radical (unpaired) electrons. The number of aromatic nitrogens is 2. The van der Waals surface area contributed by atoms with Crippen LogP contribution >= 0.6 is 0 Å². The summed E-state index contributed by atoms with van der Waals surface area (Å²) in [5.41, 5.74) is 5.07. The van der Waals surface area contributed by atoms with Gasteiger partial charge in [0, 0.05) is 0 Å². The van der Waals surface area contributed by atoms with E-state index in [1.165, 1.54) is 5.56 Å². The van der Waals surface area contributed by atoms with Crippen LogP contribution in [-0.4, -0.2) is 9.97 Å². The van der Waals surface area contributed by atoms with Crippen molar-refractivity contribution in [1.82, 2.24) is 9.97 Å². The van der Waals surface area contributed by atoms with Crippen LogP contribution in [0.1, 0.15) is 5.56 Å². The van der Waals surface area contributed by atoms with Crippen molar-refractivity contribution in [1.29, 1.82) is 0 Å². The van der Waals surface area contributed by atoms with E-state index in [-0.39, 0.29) is 0 Å².